The van der Waals surface area contributed by atoms with Crippen molar-refractivity contribution in [1.29, 1.82) is 0 Å². The molecule has 5 nitrogen and oxygen atoms in total. The van der Waals surface area contributed by atoms with Crippen molar-refractivity contribution in [3.05, 3.63) is 72.9 Å². The summed E-state index contributed by atoms with van der Waals surface area (Å²) in [4.78, 5) is 24.3. The van der Waals surface area contributed by atoms with Gasteiger partial charge in [-0.2, -0.15) is 0 Å². The van der Waals surface area contributed by atoms with Crippen LogP contribution in [0, 0.1) is 0 Å². The number of aliphatic hydroxyl groups is 1. The highest BCUT2D eigenvalue weighted by molar-refractivity contribution is 5.70. The van der Waals surface area contributed by atoms with E-state index >= 15 is 0 Å². The van der Waals surface area contributed by atoms with E-state index in [1.165, 1.54) is 96.3 Å². The van der Waals surface area contributed by atoms with Crippen molar-refractivity contribution in [2.45, 2.75) is 200 Å². The number of allylic oxidation sites excluding steroid dienone is 12. The van der Waals surface area contributed by atoms with Gasteiger partial charge in [0.05, 0.1) is 6.61 Å². The van der Waals surface area contributed by atoms with Gasteiger partial charge < -0.3 is 14.6 Å². The number of aliphatic hydroxyl groups excluding tert-OH is 1. The maximum atomic E-state index is 12.2. The predicted octanol–water partition coefficient (Wildman–Crippen LogP) is 13.7. The number of hydrogen-bond acceptors (Lipinski definition) is 5. The molecule has 52 heavy (non-hydrogen) atoms. The number of unbranched alkanes of at least 4 members (excludes halogenated alkanes) is 18. The zero-order chi connectivity index (χ0) is 37.8. The lowest BCUT2D eigenvalue weighted by atomic mass is 10.0. The standard InChI is InChI=1S/C47H80O5/c1-3-5-7-9-11-13-15-17-19-20-21-22-23-24-25-26-28-30-32-34-36-38-40-42-47(50)52-45(43-48)44-51-46(49)41-39-37-35-33-31-29-27-18-16-14-12-10-8-6-4-2/h6,8,12,14,18,26-28,31,33-34,36,45,48H,3-5,7,9-11,13,15-17,19-25,29-30,32,35,37-44H2,1-2H3/b8-6+,14-12+,27-18+,28-26+,33-31+,36-34+/t45-/m0/s1. The van der Waals surface area contributed by atoms with Crippen molar-refractivity contribution < 1.29 is 24.2 Å². The van der Waals surface area contributed by atoms with Crippen LogP contribution in [0.15, 0.2) is 72.9 Å². The second-order valence-electron chi connectivity index (χ2n) is 14.0. The molecule has 5 heteroatoms. The summed E-state index contributed by atoms with van der Waals surface area (Å²) in [6.45, 7) is 3.96. The largest absolute Gasteiger partial charge is 0.462 e. The normalized spacial score (nSPS) is 12.9. The van der Waals surface area contributed by atoms with Crippen LogP contribution in [0.2, 0.25) is 0 Å². The molecule has 0 bridgehead atoms. The summed E-state index contributed by atoms with van der Waals surface area (Å²) < 4.78 is 10.6. The van der Waals surface area contributed by atoms with Crippen LogP contribution < -0.4 is 0 Å². The van der Waals surface area contributed by atoms with E-state index in [2.05, 4.69) is 86.8 Å². The molecule has 0 radical (unpaired) electrons. The molecule has 1 N–H and O–H groups in total. The molecule has 0 saturated heterocycles. The number of carbonyl (C=O) groups is 2. The third-order valence-electron chi connectivity index (χ3n) is 8.96. The summed E-state index contributed by atoms with van der Waals surface area (Å²) in [5, 5.41) is 9.56. The SMILES string of the molecule is CC/C=C/C/C=C/C/C=C/C/C=C/CCCCC(=O)OC[C@H](CO)OC(=O)CCC/C=C/CC/C=C/CCCCCCCCCCCCCCCC. The van der Waals surface area contributed by atoms with Gasteiger partial charge in [0.25, 0.3) is 0 Å². The van der Waals surface area contributed by atoms with Gasteiger partial charge in [0.1, 0.15) is 6.61 Å². The summed E-state index contributed by atoms with van der Waals surface area (Å²) in [6, 6.07) is 0. The lowest BCUT2D eigenvalue weighted by Gasteiger charge is -2.15. The van der Waals surface area contributed by atoms with E-state index in [4.69, 9.17) is 9.47 Å². The van der Waals surface area contributed by atoms with Gasteiger partial charge in [-0.3, -0.25) is 9.59 Å². The second kappa shape index (κ2) is 42.8. The lowest BCUT2D eigenvalue weighted by Crippen LogP contribution is -2.28. The Morgan fingerprint density at radius 3 is 1.38 bits per heavy atom. The Balaban J connectivity index is 3.64. The molecule has 0 unspecified atom stereocenters. The first-order valence-electron chi connectivity index (χ1n) is 21.5. The van der Waals surface area contributed by atoms with Gasteiger partial charge in [0, 0.05) is 12.8 Å². The Labute approximate surface area is 321 Å². The third kappa shape index (κ3) is 40.1. The molecule has 0 rings (SSSR count). The molecule has 0 aliphatic carbocycles. The Kier molecular flexibility index (Phi) is 40.6. The number of carbonyl (C=O) groups excluding carboxylic acids is 2. The average Bonchev–Trinajstić information content (AvgIpc) is 3.15. The number of ether oxygens (including phenoxy) is 2. The average molecular weight is 725 g/mol. The van der Waals surface area contributed by atoms with Gasteiger partial charge in [-0.15, -0.1) is 0 Å². The monoisotopic (exact) mass is 725 g/mol. The van der Waals surface area contributed by atoms with Crippen molar-refractivity contribution in [3.8, 4) is 0 Å². The van der Waals surface area contributed by atoms with E-state index in [0.717, 1.165) is 64.2 Å². The highest BCUT2D eigenvalue weighted by Gasteiger charge is 2.15. The fourth-order valence-corrected chi connectivity index (χ4v) is 5.74. The Morgan fingerprint density at radius 1 is 0.462 bits per heavy atom. The van der Waals surface area contributed by atoms with E-state index in [1.807, 2.05) is 0 Å². The summed E-state index contributed by atoms with van der Waals surface area (Å²) in [5.41, 5.74) is 0. The number of hydrogen-bond donors (Lipinski definition) is 1. The van der Waals surface area contributed by atoms with Crippen LogP contribution in [0.1, 0.15) is 194 Å². The summed E-state index contributed by atoms with van der Waals surface area (Å²) >= 11 is 0. The van der Waals surface area contributed by atoms with Crippen molar-refractivity contribution in [3.63, 3.8) is 0 Å². The fraction of sp³-hybridized carbons (Fsp3) is 0.702. The molecular weight excluding hydrogens is 645 g/mol. The molecule has 0 saturated carbocycles. The minimum atomic E-state index is -0.812. The van der Waals surface area contributed by atoms with Crippen LogP contribution >= 0.6 is 0 Å². The van der Waals surface area contributed by atoms with E-state index in [-0.39, 0.29) is 31.6 Å². The van der Waals surface area contributed by atoms with Crippen molar-refractivity contribution in [2.24, 2.45) is 0 Å². The van der Waals surface area contributed by atoms with Crippen LogP contribution in [0.4, 0.5) is 0 Å². The summed E-state index contributed by atoms with van der Waals surface area (Å²) in [7, 11) is 0. The molecule has 0 aromatic heterocycles. The highest BCUT2D eigenvalue weighted by atomic mass is 16.6. The summed E-state index contributed by atoms with van der Waals surface area (Å²) in [6.07, 6.45) is 57.0. The van der Waals surface area contributed by atoms with Gasteiger partial charge >= 0.3 is 11.9 Å². The van der Waals surface area contributed by atoms with Crippen molar-refractivity contribution in [2.75, 3.05) is 13.2 Å². The fourth-order valence-electron chi connectivity index (χ4n) is 5.74. The van der Waals surface area contributed by atoms with Gasteiger partial charge in [-0.1, -0.05) is 170 Å². The molecule has 0 spiro atoms. The quantitative estimate of drug-likeness (QED) is 0.0390. The lowest BCUT2D eigenvalue weighted by molar-refractivity contribution is -0.161. The van der Waals surface area contributed by atoms with Crippen LogP contribution in [0.3, 0.4) is 0 Å². The maximum Gasteiger partial charge on any atom is 0.306 e. The van der Waals surface area contributed by atoms with Crippen molar-refractivity contribution in [1.82, 2.24) is 0 Å². The Morgan fingerprint density at radius 2 is 0.865 bits per heavy atom. The first kappa shape index (κ1) is 49.3. The Bertz CT molecular complexity index is 957. The second-order valence-corrected chi connectivity index (χ2v) is 14.0. The molecule has 0 aromatic rings. The smallest absolute Gasteiger partial charge is 0.306 e. The van der Waals surface area contributed by atoms with E-state index < -0.39 is 6.10 Å². The first-order valence-corrected chi connectivity index (χ1v) is 21.5. The third-order valence-corrected chi connectivity index (χ3v) is 8.96. The first-order chi connectivity index (χ1) is 25.6. The molecule has 298 valence electrons. The van der Waals surface area contributed by atoms with Gasteiger partial charge in [0.2, 0.25) is 0 Å². The Hall–Kier alpha value is -2.66. The molecule has 0 heterocycles. The number of rotatable bonds is 38. The van der Waals surface area contributed by atoms with Gasteiger partial charge in [0.15, 0.2) is 6.10 Å². The molecule has 0 aliphatic rings. The van der Waals surface area contributed by atoms with Gasteiger partial charge in [-0.25, -0.2) is 0 Å². The van der Waals surface area contributed by atoms with E-state index in [0.29, 0.717) is 12.8 Å². The predicted molar refractivity (Wildman–Crippen MR) is 223 cm³/mol. The van der Waals surface area contributed by atoms with Crippen LogP contribution in [0.25, 0.3) is 0 Å². The maximum absolute atomic E-state index is 12.2. The molecule has 0 aromatic carbocycles. The zero-order valence-electron chi connectivity index (χ0n) is 33.8. The van der Waals surface area contributed by atoms with Crippen molar-refractivity contribution >= 4 is 11.9 Å². The molecular formula is C47H80O5. The molecule has 1 atom stereocenters. The molecule has 0 amide bonds. The number of esters is 2. The summed E-state index contributed by atoms with van der Waals surface area (Å²) in [5.74, 6) is -0.692. The molecule has 0 aliphatic heterocycles. The highest BCUT2D eigenvalue weighted by Crippen LogP contribution is 2.14. The van der Waals surface area contributed by atoms with Gasteiger partial charge in [-0.05, 0) is 83.5 Å². The minimum Gasteiger partial charge on any atom is -0.462 e. The van der Waals surface area contributed by atoms with Crippen LogP contribution in [-0.4, -0.2) is 36.4 Å². The minimum absolute atomic E-state index is 0.106. The van der Waals surface area contributed by atoms with Crippen LogP contribution in [0.5, 0.6) is 0 Å². The van der Waals surface area contributed by atoms with E-state index in [1.54, 1.807) is 0 Å². The van der Waals surface area contributed by atoms with Crippen LogP contribution in [-0.2, 0) is 19.1 Å². The van der Waals surface area contributed by atoms with E-state index in [9.17, 15) is 14.7 Å². The topological polar surface area (TPSA) is 72.8 Å². The zero-order valence-corrected chi connectivity index (χ0v) is 33.8. The molecule has 0 fully saturated rings.